The van der Waals surface area contributed by atoms with E-state index in [1.807, 2.05) is 11.6 Å². The molecular formula is C12H16BrN5O. The van der Waals surface area contributed by atoms with Crippen molar-refractivity contribution in [1.82, 2.24) is 19.7 Å². The number of aryl methyl sites for hydroxylation is 1. The van der Waals surface area contributed by atoms with E-state index in [4.69, 9.17) is 10.5 Å². The molecule has 0 bridgehead atoms. The zero-order chi connectivity index (χ0) is 13.8. The monoisotopic (exact) mass is 325 g/mol. The minimum absolute atomic E-state index is 0.373. The highest BCUT2D eigenvalue weighted by atomic mass is 79.9. The summed E-state index contributed by atoms with van der Waals surface area (Å²) in [6.07, 6.45) is 5.13. The Morgan fingerprint density at radius 3 is 2.79 bits per heavy atom. The maximum Gasteiger partial charge on any atom is 0.0924 e. The van der Waals surface area contributed by atoms with Crippen molar-refractivity contribution in [3.05, 3.63) is 40.1 Å². The molecule has 1 unspecified atom stereocenters. The Bertz CT molecular complexity index is 540. The Kier molecular flexibility index (Phi) is 4.62. The van der Waals surface area contributed by atoms with Crippen LogP contribution < -0.4 is 5.73 Å². The third-order valence-electron chi connectivity index (χ3n) is 2.75. The van der Waals surface area contributed by atoms with E-state index in [0.717, 1.165) is 15.9 Å². The van der Waals surface area contributed by atoms with E-state index in [1.165, 1.54) is 0 Å². The van der Waals surface area contributed by atoms with Crippen LogP contribution in [0.4, 0.5) is 0 Å². The molecule has 0 aromatic carbocycles. The largest absolute Gasteiger partial charge is 0.383 e. The number of hydrogen-bond donors (Lipinski definition) is 1. The number of methoxy groups -OCH3 is 1. The Labute approximate surface area is 120 Å². The first kappa shape index (κ1) is 14.1. The topological polar surface area (TPSA) is 78.9 Å². The lowest BCUT2D eigenvalue weighted by Crippen LogP contribution is -2.20. The highest BCUT2D eigenvalue weighted by Crippen LogP contribution is 2.25. The second kappa shape index (κ2) is 6.23. The van der Waals surface area contributed by atoms with Gasteiger partial charge in [-0.25, -0.2) is 0 Å². The molecule has 0 saturated carbocycles. The number of aromatic nitrogens is 4. The van der Waals surface area contributed by atoms with Crippen molar-refractivity contribution in [3.63, 3.8) is 0 Å². The summed E-state index contributed by atoms with van der Waals surface area (Å²) in [5.41, 5.74) is 8.70. The van der Waals surface area contributed by atoms with Crippen molar-refractivity contribution in [2.45, 2.75) is 19.5 Å². The van der Waals surface area contributed by atoms with Crippen molar-refractivity contribution >= 4 is 15.9 Å². The Hall–Kier alpha value is -1.31. The van der Waals surface area contributed by atoms with Crippen LogP contribution >= 0.6 is 15.9 Å². The van der Waals surface area contributed by atoms with E-state index >= 15 is 0 Å². The summed E-state index contributed by atoms with van der Waals surface area (Å²) in [5, 5.41) is 4.28. The van der Waals surface area contributed by atoms with Gasteiger partial charge in [0.1, 0.15) is 0 Å². The molecule has 0 radical (unpaired) electrons. The molecule has 6 nitrogen and oxygen atoms in total. The minimum atomic E-state index is -0.373. The summed E-state index contributed by atoms with van der Waals surface area (Å²) in [5.74, 6) is 0. The summed E-state index contributed by atoms with van der Waals surface area (Å²) in [4.78, 5) is 8.54. The van der Waals surface area contributed by atoms with Gasteiger partial charge in [-0.05, 0) is 22.9 Å². The van der Waals surface area contributed by atoms with E-state index in [-0.39, 0.29) is 6.04 Å². The van der Waals surface area contributed by atoms with Gasteiger partial charge in [0.25, 0.3) is 0 Å². The average molecular weight is 326 g/mol. The van der Waals surface area contributed by atoms with Gasteiger partial charge in [-0.2, -0.15) is 5.10 Å². The van der Waals surface area contributed by atoms with Gasteiger partial charge in [0.2, 0.25) is 0 Å². The Balaban J connectivity index is 2.29. The van der Waals surface area contributed by atoms with Crippen molar-refractivity contribution in [2.75, 3.05) is 13.7 Å². The SMILES string of the molecule is COCCn1ncc(Br)c1C(N)c1cnc(C)cn1. The normalized spacial score (nSPS) is 12.6. The van der Waals surface area contributed by atoms with Crippen LogP contribution in [-0.2, 0) is 11.3 Å². The van der Waals surface area contributed by atoms with Crippen LogP contribution in [0.3, 0.4) is 0 Å². The Morgan fingerprint density at radius 2 is 2.16 bits per heavy atom. The van der Waals surface area contributed by atoms with Gasteiger partial charge < -0.3 is 10.5 Å². The van der Waals surface area contributed by atoms with Gasteiger partial charge in [0, 0.05) is 13.3 Å². The third-order valence-corrected chi connectivity index (χ3v) is 3.37. The summed E-state index contributed by atoms with van der Waals surface area (Å²) < 4.78 is 7.75. The molecule has 102 valence electrons. The maximum atomic E-state index is 6.25. The number of nitrogens with zero attached hydrogens (tertiary/aromatic N) is 4. The van der Waals surface area contributed by atoms with Gasteiger partial charge in [-0.3, -0.25) is 14.6 Å². The quantitative estimate of drug-likeness (QED) is 0.899. The fraction of sp³-hybridized carbons (Fsp3) is 0.417. The van der Waals surface area contributed by atoms with Crippen molar-refractivity contribution in [1.29, 1.82) is 0 Å². The minimum Gasteiger partial charge on any atom is -0.383 e. The van der Waals surface area contributed by atoms with Gasteiger partial charge in [-0.1, -0.05) is 0 Å². The fourth-order valence-electron chi connectivity index (χ4n) is 1.74. The molecule has 2 rings (SSSR count). The van der Waals surface area contributed by atoms with Gasteiger partial charge in [0.05, 0.1) is 53.1 Å². The van der Waals surface area contributed by atoms with Crippen LogP contribution in [0.5, 0.6) is 0 Å². The second-order valence-electron chi connectivity index (χ2n) is 4.15. The number of ether oxygens (including phenoxy) is 1. The summed E-state index contributed by atoms with van der Waals surface area (Å²) in [6.45, 7) is 3.11. The van der Waals surface area contributed by atoms with E-state index < -0.39 is 0 Å². The average Bonchev–Trinajstić information content (AvgIpc) is 2.77. The van der Waals surface area contributed by atoms with Crippen LogP contribution in [0.25, 0.3) is 0 Å². The molecule has 0 saturated heterocycles. The first-order valence-corrected chi connectivity index (χ1v) is 6.67. The molecule has 0 fully saturated rings. The predicted octanol–water partition coefficient (Wildman–Crippen LogP) is 1.44. The molecule has 19 heavy (non-hydrogen) atoms. The van der Waals surface area contributed by atoms with Gasteiger partial charge in [0.15, 0.2) is 0 Å². The summed E-state index contributed by atoms with van der Waals surface area (Å²) in [7, 11) is 1.66. The maximum absolute atomic E-state index is 6.25. The highest BCUT2D eigenvalue weighted by Gasteiger charge is 2.19. The van der Waals surface area contributed by atoms with Crippen LogP contribution in [-0.4, -0.2) is 33.5 Å². The summed E-state index contributed by atoms with van der Waals surface area (Å²) in [6, 6.07) is -0.373. The van der Waals surface area contributed by atoms with E-state index in [9.17, 15) is 0 Å². The molecule has 2 aromatic heterocycles. The van der Waals surface area contributed by atoms with Crippen LogP contribution in [0.2, 0.25) is 0 Å². The molecule has 0 aliphatic carbocycles. The zero-order valence-corrected chi connectivity index (χ0v) is 12.5. The molecule has 0 spiro atoms. The molecule has 0 amide bonds. The highest BCUT2D eigenvalue weighted by molar-refractivity contribution is 9.10. The van der Waals surface area contributed by atoms with E-state index in [1.54, 1.807) is 25.7 Å². The van der Waals surface area contributed by atoms with Gasteiger partial charge >= 0.3 is 0 Å². The van der Waals surface area contributed by atoms with Crippen molar-refractivity contribution < 1.29 is 4.74 Å². The molecule has 1 atom stereocenters. The smallest absolute Gasteiger partial charge is 0.0924 e. The first-order chi connectivity index (χ1) is 9.13. The molecule has 2 heterocycles. The lowest BCUT2D eigenvalue weighted by molar-refractivity contribution is 0.182. The number of halogens is 1. The Morgan fingerprint density at radius 1 is 1.37 bits per heavy atom. The van der Waals surface area contributed by atoms with Crippen LogP contribution in [0.1, 0.15) is 23.1 Å². The van der Waals surface area contributed by atoms with E-state index in [0.29, 0.717) is 18.8 Å². The summed E-state index contributed by atoms with van der Waals surface area (Å²) >= 11 is 3.47. The van der Waals surface area contributed by atoms with Crippen LogP contribution in [0.15, 0.2) is 23.1 Å². The lowest BCUT2D eigenvalue weighted by Gasteiger charge is -2.14. The number of rotatable bonds is 5. The van der Waals surface area contributed by atoms with Crippen molar-refractivity contribution in [2.24, 2.45) is 5.73 Å². The standard InChI is InChI=1S/C12H16BrN5O/c1-8-5-16-10(7-15-8)11(14)12-9(13)6-17-18(12)3-4-19-2/h5-7,11H,3-4,14H2,1-2H3. The molecule has 0 aliphatic heterocycles. The predicted molar refractivity (Wildman–Crippen MR) is 74.6 cm³/mol. The fourth-order valence-corrected chi connectivity index (χ4v) is 2.28. The number of nitrogens with two attached hydrogens (primary N) is 1. The van der Waals surface area contributed by atoms with Crippen LogP contribution in [0, 0.1) is 6.92 Å². The second-order valence-corrected chi connectivity index (χ2v) is 5.01. The number of hydrogen-bond acceptors (Lipinski definition) is 5. The zero-order valence-electron chi connectivity index (χ0n) is 10.9. The third kappa shape index (κ3) is 3.17. The molecule has 0 aliphatic rings. The van der Waals surface area contributed by atoms with Crippen molar-refractivity contribution in [3.8, 4) is 0 Å². The molecule has 2 aromatic rings. The van der Waals surface area contributed by atoms with Gasteiger partial charge in [-0.15, -0.1) is 0 Å². The van der Waals surface area contributed by atoms with E-state index in [2.05, 4.69) is 31.0 Å². The first-order valence-electron chi connectivity index (χ1n) is 5.87. The molecular weight excluding hydrogens is 310 g/mol. The lowest BCUT2D eigenvalue weighted by atomic mass is 10.1. The molecule has 7 heteroatoms. The molecule has 2 N–H and O–H groups in total.